The summed E-state index contributed by atoms with van der Waals surface area (Å²) in [6.07, 6.45) is 7.12. The molecule has 1 fully saturated rings. The van der Waals surface area contributed by atoms with Gasteiger partial charge in [0.2, 0.25) is 0 Å². The third kappa shape index (κ3) is 6.21. The Morgan fingerprint density at radius 2 is 1.86 bits per heavy atom. The molecule has 0 aromatic carbocycles. The summed E-state index contributed by atoms with van der Waals surface area (Å²) < 4.78 is 0. The van der Waals surface area contributed by atoms with E-state index in [0.29, 0.717) is 0 Å². The first-order valence-electron chi connectivity index (χ1n) is 5.68. The fourth-order valence-electron chi connectivity index (χ4n) is 2.09. The summed E-state index contributed by atoms with van der Waals surface area (Å²) in [4.78, 5) is 2.50. The van der Waals surface area contributed by atoms with Gasteiger partial charge in [0.25, 0.3) is 0 Å². The molecule has 0 aromatic heterocycles. The first kappa shape index (κ1) is 15.6. The molecule has 0 bridgehead atoms. The smallest absolute Gasteiger partial charge is 0.661 e. The maximum Gasteiger partial charge on any atom is 1.00 e. The van der Waals surface area contributed by atoms with E-state index in [-0.39, 0.29) is 51.4 Å². The summed E-state index contributed by atoms with van der Waals surface area (Å²) >= 11 is 0. The Bertz CT molecular complexity index is 124. The molecule has 0 heterocycles. The van der Waals surface area contributed by atoms with Gasteiger partial charge < -0.3 is 10.2 Å². The molecule has 1 aliphatic rings. The molecule has 0 amide bonds. The number of likely N-dealkylation sites (N-methyl/N-ethyl adjacent to an activating group) is 2. The van der Waals surface area contributed by atoms with Crippen molar-refractivity contribution in [3.05, 3.63) is 5.32 Å². The molecule has 0 spiro atoms. The molecule has 0 atom stereocenters. The van der Waals surface area contributed by atoms with E-state index in [1.807, 2.05) is 0 Å². The van der Waals surface area contributed by atoms with Crippen LogP contribution in [0.5, 0.6) is 0 Å². The van der Waals surface area contributed by atoms with Gasteiger partial charge in [-0.25, -0.2) is 0 Å². The van der Waals surface area contributed by atoms with Crippen molar-refractivity contribution >= 4 is 0 Å². The van der Waals surface area contributed by atoms with E-state index in [2.05, 4.69) is 24.2 Å². The summed E-state index contributed by atoms with van der Waals surface area (Å²) in [6, 6.07) is 0.848. The summed E-state index contributed by atoms with van der Waals surface area (Å²) in [5, 5.41) is 4.36. The normalized spacial score (nSPS) is 18.2. The molecule has 2 nitrogen and oxygen atoms in total. The van der Waals surface area contributed by atoms with Crippen LogP contribution in [0.4, 0.5) is 0 Å². The Hall–Kier alpha value is 1.56. The van der Waals surface area contributed by atoms with Crippen LogP contribution in [0.1, 0.15) is 39.0 Å². The minimum atomic E-state index is 0. The minimum Gasteiger partial charge on any atom is -0.661 e. The Kier molecular flexibility index (Phi) is 10.8. The molecule has 0 aromatic rings. The quantitative estimate of drug-likeness (QED) is 0.459. The average Bonchev–Trinajstić information content (AvgIpc) is 2.19. The zero-order chi connectivity index (χ0) is 9.52. The molecule has 0 unspecified atom stereocenters. The number of nitrogens with zero attached hydrogens (tertiary/aromatic N) is 2. The van der Waals surface area contributed by atoms with Gasteiger partial charge in [-0.3, -0.25) is 0 Å². The van der Waals surface area contributed by atoms with Crippen LogP contribution >= 0.6 is 0 Å². The Balaban J connectivity index is 0.00000169. The van der Waals surface area contributed by atoms with Crippen molar-refractivity contribution < 1.29 is 51.4 Å². The maximum atomic E-state index is 4.36. The molecule has 0 saturated heterocycles. The molecule has 0 aliphatic heterocycles. The molecule has 0 radical (unpaired) electrons. The van der Waals surface area contributed by atoms with Gasteiger partial charge in [0.1, 0.15) is 0 Å². The summed E-state index contributed by atoms with van der Waals surface area (Å²) in [5.74, 6) is 0. The number of rotatable bonds is 5. The molecule has 1 aliphatic carbocycles. The van der Waals surface area contributed by atoms with Gasteiger partial charge in [-0.2, -0.15) is 6.54 Å². The minimum absolute atomic E-state index is 0. The second-order valence-corrected chi connectivity index (χ2v) is 4.04. The van der Waals surface area contributed by atoms with Gasteiger partial charge in [-0.1, -0.05) is 26.2 Å². The third-order valence-corrected chi connectivity index (χ3v) is 3.03. The van der Waals surface area contributed by atoms with Crippen LogP contribution < -0.4 is 51.4 Å². The van der Waals surface area contributed by atoms with E-state index >= 15 is 0 Å². The first-order valence-corrected chi connectivity index (χ1v) is 5.68. The van der Waals surface area contributed by atoms with Crippen molar-refractivity contribution in [3.63, 3.8) is 0 Å². The van der Waals surface area contributed by atoms with E-state index < -0.39 is 0 Å². The van der Waals surface area contributed by atoms with Crippen molar-refractivity contribution in [1.82, 2.24) is 4.90 Å². The number of hydrogen-bond acceptors (Lipinski definition) is 1. The third-order valence-electron chi connectivity index (χ3n) is 3.03. The van der Waals surface area contributed by atoms with E-state index in [4.69, 9.17) is 0 Å². The van der Waals surface area contributed by atoms with Crippen molar-refractivity contribution in [2.45, 2.75) is 45.1 Å². The topological polar surface area (TPSA) is 17.3 Å². The van der Waals surface area contributed by atoms with E-state index in [0.717, 1.165) is 25.7 Å². The molecular formula is C11H23KN2. The second kappa shape index (κ2) is 9.76. The van der Waals surface area contributed by atoms with Crippen molar-refractivity contribution in [2.24, 2.45) is 0 Å². The Labute approximate surface area is 132 Å². The monoisotopic (exact) mass is 222 g/mol. The van der Waals surface area contributed by atoms with Crippen LogP contribution in [0.3, 0.4) is 0 Å². The summed E-state index contributed by atoms with van der Waals surface area (Å²) in [6.45, 7) is 5.25. The van der Waals surface area contributed by atoms with Gasteiger partial charge in [0.05, 0.1) is 0 Å². The molecule has 1 saturated carbocycles. The zero-order valence-electron chi connectivity index (χ0n) is 10.1. The van der Waals surface area contributed by atoms with E-state index in [9.17, 15) is 0 Å². The van der Waals surface area contributed by atoms with Crippen LogP contribution in [0.15, 0.2) is 0 Å². The predicted molar refractivity (Wildman–Crippen MR) is 58.3 cm³/mol. The van der Waals surface area contributed by atoms with Gasteiger partial charge in [0, 0.05) is 6.04 Å². The van der Waals surface area contributed by atoms with Gasteiger partial charge >= 0.3 is 51.4 Å². The van der Waals surface area contributed by atoms with Crippen molar-refractivity contribution in [2.75, 3.05) is 26.7 Å². The van der Waals surface area contributed by atoms with E-state index in [1.54, 1.807) is 0 Å². The molecular weight excluding hydrogens is 199 g/mol. The number of hydrogen-bond donors (Lipinski definition) is 0. The van der Waals surface area contributed by atoms with Gasteiger partial charge in [0.15, 0.2) is 0 Å². The van der Waals surface area contributed by atoms with Crippen molar-refractivity contribution in [3.8, 4) is 0 Å². The zero-order valence-corrected chi connectivity index (χ0v) is 13.3. The van der Waals surface area contributed by atoms with Crippen LogP contribution in [-0.2, 0) is 0 Å². The molecule has 78 valence electrons. The predicted octanol–water partition coefficient (Wildman–Crippen LogP) is -0.351. The van der Waals surface area contributed by atoms with Crippen LogP contribution in [0, 0.1) is 0 Å². The largest absolute Gasteiger partial charge is 1.00 e. The standard InChI is InChI=1S/C11H23N2.K/c1-3-12-9-10-13(2)11-7-5-4-6-8-11;/h11H,3-10H2,1-2H3;/q-1;+1. The van der Waals surface area contributed by atoms with E-state index in [1.165, 1.54) is 32.1 Å². The first-order chi connectivity index (χ1) is 6.34. The molecule has 1 rings (SSSR count). The van der Waals surface area contributed by atoms with Gasteiger partial charge in [-0.05, 0) is 26.4 Å². The fourth-order valence-corrected chi connectivity index (χ4v) is 2.09. The summed E-state index contributed by atoms with van der Waals surface area (Å²) in [5.41, 5.74) is 0. The van der Waals surface area contributed by atoms with Crippen LogP contribution in [0.2, 0.25) is 0 Å². The van der Waals surface area contributed by atoms with Gasteiger partial charge in [-0.15, -0.1) is 6.54 Å². The Morgan fingerprint density at radius 3 is 2.43 bits per heavy atom. The van der Waals surface area contributed by atoms with Crippen LogP contribution in [0.25, 0.3) is 5.32 Å². The molecule has 3 heteroatoms. The Morgan fingerprint density at radius 1 is 1.21 bits per heavy atom. The van der Waals surface area contributed by atoms with Crippen molar-refractivity contribution in [1.29, 1.82) is 0 Å². The molecule has 0 N–H and O–H groups in total. The SMILES string of the molecule is CC[N-]CCN(C)C1CCCCC1.[K+]. The second-order valence-electron chi connectivity index (χ2n) is 4.04. The fraction of sp³-hybridized carbons (Fsp3) is 1.00. The molecule has 14 heavy (non-hydrogen) atoms. The van der Waals surface area contributed by atoms with Crippen LogP contribution in [-0.4, -0.2) is 37.6 Å². The maximum absolute atomic E-state index is 4.36. The summed E-state index contributed by atoms with van der Waals surface area (Å²) in [7, 11) is 2.25. The average molecular weight is 222 g/mol.